The Bertz CT molecular complexity index is 697. The Labute approximate surface area is 150 Å². The van der Waals surface area contributed by atoms with Crippen LogP contribution in [0.4, 0.5) is 0 Å². The molecule has 1 N–H and O–H groups in total. The van der Waals surface area contributed by atoms with Crippen molar-refractivity contribution < 1.29 is 17.9 Å². The zero-order valence-corrected chi connectivity index (χ0v) is 15.8. The summed E-state index contributed by atoms with van der Waals surface area (Å²) in [5.41, 5.74) is 0.884. The predicted molar refractivity (Wildman–Crippen MR) is 95.8 cm³/mol. The van der Waals surface area contributed by atoms with Crippen LogP contribution in [0.1, 0.15) is 25.5 Å². The van der Waals surface area contributed by atoms with Gasteiger partial charge in [-0.05, 0) is 19.9 Å². The van der Waals surface area contributed by atoms with Gasteiger partial charge in [-0.15, -0.1) is 0 Å². The van der Waals surface area contributed by atoms with Gasteiger partial charge in [0.2, 0.25) is 0 Å². The summed E-state index contributed by atoms with van der Waals surface area (Å²) in [5, 5.41) is 3.30. The summed E-state index contributed by atoms with van der Waals surface area (Å²) in [6, 6.07) is 7.15. The van der Waals surface area contributed by atoms with E-state index in [9.17, 15) is 8.42 Å². The normalized spacial score (nSPS) is 29.5. The Hall–Kier alpha value is -1.19. The van der Waals surface area contributed by atoms with Gasteiger partial charge in [0.25, 0.3) is 10.2 Å². The highest BCUT2D eigenvalue weighted by Gasteiger charge is 2.42. The maximum atomic E-state index is 13.4. The Morgan fingerprint density at radius 1 is 1.24 bits per heavy atom. The van der Waals surface area contributed by atoms with Crippen LogP contribution in [0.25, 0.3) is 0 Å². The van der Waals surface area contributed by atoms with E-state index in [1.807, 2.05) is 38.1 Å². The molecule has 0 amide bonds. The number of hydrogen-bond acceptors (Lipinski definition) is 5. The summed E-state index contributed by atoms with van der Waals surface area (Å²) < 4.78 is 41.1. The molecule has 3 rings (SSSR count). The molecule has 0 bridgehead atoms. The lowest BCUT2D eigenvalue weighted by atomic mass is 10.0. The fraction of sp³-hybridized carbons (Fsp3) is 0.647. The van der Waals surface area contributed by atoms with Gasteiger partial charge in [0.1, 0.15) is 5.75 Å². The second-order valence-electron chi connectivity index (χ2n) is 6.64. The third kappa shape index (κ3) is 3.68. The van der Waals surface area contributed by atoms with E-state index in [-0.39, 0.29) is 18.2 Å². The number of nitrogens with one attached hydrogen (secondary N) is 1. The molecule has 140 valence electrons. The first-order valence-corrected chi connectivity index (χ1v) is 10.1. The van der Waals surface area contributed by atoms with Gasteiger partial charge in [0.15, 0.2) is 0 Å². The molecule has 2 saturated heterocycles. The monoisotopic (exact) mass is 369 g/mol. The SMILES string of the molecule is COc1ccccc1C1CNCCN1S(=O)(=O)N1CC(C)OCC1C. The molecule has 0 aromatic heterocycles. The van der Waals surface area contributed by atoms with Crippen LogP contribution in [0.2, 0.25) is 0 Å². The van der Waals surface area contributed by atoms with Gasteiger partial charge in [-0.3, -0.25) is 0 Å². The molecule has 0 spiro atoms. The molecule has 2 fully saturated rings. The van der Waals surface area contributed by atoms with E-state index in [2.05, 4.69) is 5.32 Å². The molecule has 2 heterocycles. The topological polar surface area (TPSA) is 71.1 Å². The largest absolute Gasteiger partial charge is 0.496 e. The average molecular weight is 369 g/mol. The number of rotatable bonds is 4. The molecule has 1 aromatic carbocycles. The summed E-state index contributed by atoms with van der Waals surface area (Å²) in [7, 11) is -1.99. The number of para-hydroxylation sites is 1. The molecular weight excluding hydrogens is 342 g/mol. The molecule has 0 aliphatic carbocycles. The quantitative estimate of drug-likeness (QED) is 0.857. The minimum Gasteiger partial charge on any atom is -0.496 e. The van der Waals surface area contributed by atoms with Gasteiger partial charge < -0.3 is 14.8 Å². The molecule has 2 aliphatic heterocycles. The number of hydrogen-bond donors (Lipinski definition) is 1. The van der Waals surface area contributed by atoms with Crippen LogP contribution in [0.15, 0.2) is 24.3 Å². The molecule has 2 aliphatic rings. The lowest BCUT2D eigenvalue weighted by molar-refractivity contribution is -0.0198. The highest BCUT2D eigenvalue weighted by molar-refractivity contribution is 7.86. The Kier molecular flexibility index (Phi) is 5.65. The number of methoxy groups -OCH3 is 1. The first-order valence-electron chi connectivity index (χ1n) is 8.69. The Morgan fingerprint density at radius 3 is 2.76 bits per heavy atom. The standard InChI is InChI=1S/C17H27N3O4S/c1-13-12-24-14(2)11-20(13)25(21,22)19-9-8-18-10-16(19)15-6-4-5-7-17(15)23-3/h4-7,13-14,16,18H,8-12H2,1-3H3. The van der Waals surface area contributed by atoms with Crippen molar-refractivity contribution in [1.29, 1.82) is 0 Å². The van der Waals surface area contributed by atoms with E-state index in [0.29, 0.717) is 38.5 Å². The van der Waals surface area contributed by atoms with Crippen molar-refractivity contribution in [3.8, 4) is 5.75 Å². The van der Waals surface area contributed by atoms with Crippen LogP contribution in [0.3, 0.4) is 0 Å². The van der Waals surface area contributed by atoms with E-state index in [1.54, 1.807) is 15.7 Å². The van der Waals surface area contributed by atoms with Gasteiger partial charge in [0.05, 0.1) is 25.9 Å². The number of piperazine rings is 1. The molecule has 0 saturated carbocycles. The van der Waals surface area contributed by atoms with Gasteiger partial charge in [-0.1, -0.05) is 18.2 Å². The molecule has 7 nitrogen and oxygen atoms in total. The molecule has 1 aromatic rings. The number of benzene rings is 1. The van der Waals surface area contributed by atoms with Crippen molar-refractivity contribution >= 4 is 10.2 Å². The molecule has 25 heavy (non-hydrogen) atoms. The van der Waals surface area contributed by atoms with E-state index in [1.165, 1.54) is 0 Å². The zero-order valence-electron chi connectivity index (χ0n) is 15.0. The van der Waals surface area contributed by atoms with E-state index >= 15 is 0 Å². The van der Waals surface area contributed by atoms with Crippen molar-refractivity contribution in [2.45, 2.75) is 32.0 Å². The van der Waals surface area contributed by atoms with Gasteiger partial charge in [-0.2, -0.15) is 17.0 Å². The third-order valence-electron chi connectivity index (χ3n) is 4.84. The summed E-state index contributed by atoms with van der Waals surface area (Å²) in [6.45, 7) is 6.24. The maximum Gasteiger partial charge on any atom is 0.283 e. The zero-order chi connectivity index (χ0) is 18.0. The average Bonchev–Trinajstić information content (AvgIpc) is 2.63. The van der Waals surface area contributed by atoms with Gasteiger partial charge >= 0.3 is 0 Å². The predicted octanol–water partition coefficient (Wildman–Crippen LogP) is 0.996. The van der Waals surface area contributed by atoms with Crippen LogP contribution >= 0.6 is 0 Å². The third-order valence-corrected chi connectivity index (χ3v) is 6.97. The van der Waals surface area contributed by atoms with Gasteiger partial charge in [0, 0.05) is 37.8 Å². The van der Waals surface area contributed by atoms with Crippen LogP contribution in [0, 0.1) is 0 Å². The minimum atomic E-state index is -3.60. The lowest BCUT2D eigenvalue weighted by Crippen LogP contribution is -2.58. The van der Waals surface area contributed by atoms with Crippen LogP contribution in [-0.4, -0.2) is 69.1 Å². The Balaban J connectivity index is 1.95. The fourth-order valence-corrected chi connectivity index (χ4v) is 5.51. The lowest BCUT2D eigenvalue weighted by Gasteiger charge is -2.43. The number of ether oxygens (including phenoxy) is 2. The first kappa shape index (κ1) is 18.6. The van der Waals surface area contributed by atoms with Gasteiger partial charge in [-0.25, -0.2) is 0 Å². The first-order chi connectivity index (χ1) is 11.9. The minimum absolute atomic E-state index is 0.0985. The summed E-state index contributed by atoms with van der Waals surface area (Å²) in [5.74, 6) is 0.708. The number of nitrogens with zero attached hydrogens (tertiary/aromatic N) is 2. The van der Waals surface area contributed by atoms with Crippen LogP contribution < -0.4 is 10.1 Å². The number of morpholine rings is 1. The molecular formula is C17H27N3O4S. The second-order valence-corrected chi connectivity index (χ2v) is 8.48. The molecule has 8 heteroatoms. The van der Waals surface area contributed by atoms with Crippen molar-refractivity contribution in [1.82, 2.24) is 13.9 Å². The Morgan fingerprint density at radius 2 is 2.00 bits per heavy atom. The molecule has 3 atom stereocenters. The van der Waals surface area contributed by atoms with Crippen molar-refractivity contribution in [2.24, 2.45) is 0 Å². The van der Waals surface area contributed by atoms with E-state index in [4.69, 9.17) is 9.47 Å². The summed E-state index contributed by atoms with van der Waals surface area (Å²) >= 11 is 0. The second kappa shape index (κ2) is 7.59. The van der Waals surface area contributed by atoms with Crippen LogP contribution in [-0.2, 0) is 14.9 Å². The molecule has 3 unspecified atom stereocenters. The summed E-state index contributed by atoms with van der Waals surface area (Å²) in [6.07, 6.45) is -0.0985. The maximum absolute atomic E-state index is 13.4. The van der Waals surface area contributed by atoms with Crippen molar-refractivity contribution in [3.63, 3.8) is 0 Å². The molecule has 0 radical (unpaired) electrons. The highest BCUT2D eigenvalue weighted by atomic mass is 32.2. The van der Waals surface area contributed by atoms with E-state index < -0.39 is 10.2 Å². The van der Waals surface area contributed by atoms with E-state index in [0.717, 1.165) is 5.56 Å². The van der Waals surface area contributed by atoms with Crippen molar-refractivity contribution in [2.75, 3.05) is 39.9 Å². The highest BCUT2D eigenvalue weighted by Crippen LogP contribution is 2.33. The summed E-state index contributed by atoms with van der Waals surface area (Å²) in [4.78, 5) is 0. The fourth-order valence-electron chi connectivity index (χ4n) is 3.50. The van der Waals surface area contributed by atoms with Crippen molar-refractivity contribution in [3.05, 3.63) is 29.8 Å². The van der Waals surface area contributed by atoms with Crippen LogP contribution in [0.5, 0.6) is 5.75 Å². The smallest absolute Gasteiger partial charge is 0.283 e.